The summed E-state index contributed by atoms with van der Waals surface area (Å²) in [6.45, 7) is 0. The first-order valence-corrected chi connectivity index (χ1v) is 5.73. The molecule has 0 fully saturated rings. The summed E-state index contributed by atoms with van der Waals surface area (Å²) in [6, 6.07) is 0. The van der Waals surface area contributed by atoms with E-state index in [-0.39, 0.29) is 0 Å². The lowest BCUT2D eigenvalue weighted by Crippen LogP contribution is -2.65. The van der Waals surface area contributed by atoms with Gasteiger partial charge >= 0.3 is 34.5 Å². The highest BCUT2D eigenvalue weighted by atomic mass is 32.2. The van der Waals surface area contributed by atoms with Crippen LogP contribution in [0.4, 0.5) is 48.3 Å². The monoisotopic (exact) mass is 378 g/mol. The molecule has 0 spiro atoms. The molecule has 0 aromatic carbocycles. The molecule has 0 bridgehead atoms. The van der Waals surface area contributed by atoms with Gasteiger partial charge in [-0.15, -0.1) is 0 Å². The molecule has 0 heterocycles. The predicted molar refractivity (Wildman–Crippen MR) is 42.4 cm³/mol. The van der Waals surface area contributed by atoms with Crippen LogP contribution in [0.15, 0.2) is 0 Å². The smallest absolute Gasteiger partial charge is 0.469 e. The Morgan fingerprint density at radius 1 is 0.727 bits per heavy atom. The second-order valence-electron chi connectivity index (χ2n) is 3.49. The summed E-state index contributed by atoms with van der Waals surface area (Å²) >= 11 is 0. The maximum atomic E-state index is 12.8. The Morgan fingerprint density at radius 3 is 1.27 bits per heavy atom. The van der Waals surface area contributed by atoms with Gasteiger partial charge in [0.15, 0.2) is 0 Å². The van der Waals surface area contributed by atoms with Crippen LogP contribution in [0, 0.1) is 0 Å². The number of carbonyl (C=O) groups is 1. The second kappa shape index (κ2) is 4.82. The van der Waals surface area contributed by atoms with Crippen LogP contribution in [0.5, 0.6) is 0 Å². The van der Waals surface area contributed by atoms with Gasteiger partial charge in [-0.1, -0.05) is 0 Å². The number of halogens is 11. The van der Waals surface area contributed by atoms with E-state index in [0.717, 1.165) is 0 Å². The van der Waals surface area contributed by atoms with E-state index in [1.165, 1.54) is 0 Å². The lowest BCUT2D eigenvalue weighted by atomic mass is 10.2. The van der Waals surface area contributed by atoms with Crippen LogP contribution in [0.3, 0.4) is 0 Å². The zero-order chi connectivity index (χ0) is 18.6. The van der Waals surface area contributed by atoms with Crippen LogP contribution >= 0.6 is 0 Å². The zero-order valence-corrected chi connectivity index (χ0v) is 10.1. The largest absolute Gasteiger partial charge is 0.477 e. The molecule has 0 aliphatic carbocycles. The first-order valence-electron chi connectivity index (χ1n) is 4.25. The van der Waals surface area contributed by atoms with Gasteiger partial charge in [-0.05, 0) is 0 Å². The molecule has 0 atom stereocenters. The summed E-state index contributed by atoms with van der Waals surface area (Å²) in [5.74, 6) is -18.7. The minimum Gasteiger partial charge on any atom is -0.477 e. The van der Waals surface area contributed by atoms with E-state index >= 15 is 0 Å². The summed E-state index contributed by atoms with van der Waals surface area (Å²) < 4.78 is 157. The molecule has 0 aliphatic heterocycles. The number of carboxylic acid groups (broad SMARTS) is 1. The van der Waals surface area contributed by atoms with Gasteiger partial charge in [-0.3, -0.25) is 0 Å². The van der Waals surface area contributed by atoms with E-state index in [1.807, 2.05) is 0 Å². The van der Waals surface area contributed by atoms with E-state index in [0.29, 0.717) is 0 Å². The fourth-order valence-electron chi connectivity index (χ4n) is 0.799. The zero-order valence-electron chi connectivity index (χ0n) is 9.24. The molecule has 0 unspecified atom stereocenters. The summed E-state index contributed by atoms with van der Waals surface area (Å²) in [7, 11) is -8.66. The van der Waals surface area contributed by atoms with Crippen molar-refractivity contribution >= 4 is 15.8 Å². The fourth-order valence-corrected chi connectivity index (χ4v) is 1.89. The average molecular weight is 378 g/mol. The lowest BCUT2D eigenvalue weighted by Gasteiger charge is -2.32. The van der Waals surface area contributed by atoms with Gasteiger partial charge in [0.05, 0.1) is 0 Å². The molecule has 1 N–H and O–H groups in total. The highest BCUT2D eigenvalue weighted by molar-refractivity contribution is 7.93. The normalized spacial score (nSPS) is 15.8. The predicted octanol–water partition coefficient (Wildman–Crippen LogP) is 2.50. The number of sulfone groups is 1. The van der Waals surface area contributed by atoms with Gasteiger partial charge in [0.25, 0.3) is 9.84 Å². The van der Waals surface area contributed by atoms with Gasteiger partial charge in [-0.2, -0.15) is 48.3 Å². The topological polar surface area (TPSA) is 71.4 Å². The maximum Gasteiger partial charge on any atom is 0.469 e. The van der Waals surface area contributed by atoms with Crippen molar-refractivity contribution in [3.05, 3.63) is 0 Å². The minimum atomic E-state index is -8.66. The molecular formula is C6HF11O4S. The second-order valence-corrected chi connectivity index (χ2v) is 5.52. The number of hydrogen-bond acceptors (Lipinski definition) is 3. The van der Waals surface area contributed by atoms with Crippen LogP contribution in [-0.2, 0) is 14.6 Å². The highest BCUT2D eigenvalue weighted by Crippen LogP contribution is 2.54. The summed E-state index contributed by atoms with van der Waals surface area (Å²) in [5.41, 5.74) is 0. The number of rotatable bonds is 5. The molecule has 0 aliphatic rings. The van der Waals surface area contributed by atoms with Gasteiger partial charge < -0.3 is 5.11 Å². The molecule has 22 heavy (non-hydrogen) atoms. The molecular weight excluding hydrogens is 377 g/mol. The first kappa shape index (κ1) is 20.6. The molecule has 0 saturated heterocycles. The molecule has 0 aromatic heterocycles. The molecule has 0 aromatic rings. The third-order valence-corrected chi connectivity index (χ3v) is 3.87. The Kier molecular flexibility index (Phi) is 4.53. The summed E-state index contributed by atoms with van der Waals surface area (Å²) in [5, 5.41) is -7.72. The van der Waals surface area contributed by atoms with Crippen LogP contribution in [0.25, 0.3) is 0 Å². The molecule has 0 radical (unpaired) electrons. The van der Waals surface area contributed by atoms with Crippen LogP contribution in [0.1, 0.15) is 0 Å². The van der Waals surface area contributed by atoms with Crippen LogP contribution in [-0.4, -0.2) is 48.0 Å². The third kappa shape index (κ3) is 2.36. The Morgan fingerprint density at radius 2 is 1.05 bits per heavy atom. The fraction of sp³-hybridized carbons (Fsp3) is 0.833. The van der Waals surface area contributed by atoms with E-state index in [1.54, 1.807) is 0 Å². The van der Waals surface area contributed by atoms with E-state index in [9.17, 15) is 61.5 Å². The van der Waals surface area contributed by atoms with Gasteiger partial charge in [0.1, 0.15) is 0 Å². The number of carboxylic acids is 1. The summed E-state index contributed by atoms with van der Waals surface area (Å²) in [6.07, 6.45) is -7.36. The quantitative estimate of drug-likeness (QED) is 0.747. The molecule has 16 heteroatoms. The number of hydrogen-bond donors (Lipinski definition) is 1. The lowest BCUT2D eigenvalue weighted by molar-refractivity contribution is -0.283. The van der Waals surface area contributed by atoms with E-state index in [4.69, 9.17) is 5.11 Å². The average Bonchev–Trinajstić information content (AvgIpc) is 2.25. The molecule has 4 nitrogen and oxygen atoms in total. The van der Waals surface area contributed by atoms with Crippen molar-refractivity contribution in [3.63, 3.8) is 0 Å². The van der Waals surface area contributed by atoms with Crippen molar-refractivity contribution in [3.8, 4) is 0 Å². The molecule has 0 amide bonds. The van der Waals surface area contributed by atoms with Gasteiger partial charge in [0.2, 0.25) is 0 Å². The third-order valence-electron chi connectivity index (χ3n) is 2.03. The minimum absolute atomic E-state index is 4.08. The van der Waals surface area contributed by atoms with Crippen molar-refractivity contribution in [1.29, 1.82) is 0 Å². The van der Waals surface area contributed by atoms with E-state index < -0.39 is 44.3 Å². The summed E-state index contributed by atoms with van der Waals surface area (Å²) in [4.78, 5) is 9.72. The van der Waals surface area contributed by atoms with Crippen molar-refractivity contribution < 1.29 is 66.6 Å². The van der Waals surface area contributed by atoms with Crippen LogP contribution in [0.2, 0.25) is 0 Å². The maximum absolute atomic E-state index is 12.8. The Bertz CT molecular complexity index is 560. The van der Waals surface area contributed by atoms with Crippen molar-refractivity contribution in [2.45, 2.75) is 28.5 Å². The van der Waals surface area contributed by atoms with Crippen molar-refractivity contribution in [2.24, 2.45) is 0 Å². The Hall–Kier alpha value is -1.35. The SMILES string of the molecule is O=C(O)C(F)(F)C(F)(F)C(F)(F)S(=O)(=O)C(F)(F)C(F)(F)F. The van der Waals surface area contributed by atoms with Crippen LogP contribution < -0.4 is 0 Å². The number of alkyl halides is 11. The highest BCUT2D eigenvalue weighted by Gasteiger charge is 2.86. The molecule has 0 saturated carbocycles. The van der Waals surface area contributed by atoms with Gasteiger partial charge in [0, 0.05) is 0 Å². The van der Waals surface area contributed by atoms with Gasteiger partial charge in [-0.25, -0.2) is 13.2 Å². The molecule has 132 valence electrons. The molecule has 0 rings (SSSR count). The van der Waals surface area contributed by atoms with E-state index in [2.05, 4.69) is 0 Å². The Labute approximate surface area is 112 Å². The van der Waals surface area contributed by atoms with Crippen molar-refractivity contribution in [2.75, 3.05) is 0 Å². The Balaban J connectivity index is 6.44. The first-order chi connectivity index (χ1) is 9.19. The van der Waals surface area contributed by atoms with Crippen molar-refractivity contribution in [1.82, 2.24) is 0 Å². The standard InChI is InChI=1S/C6HF11O4S/c7-2(8,1(18)19)3(9,10)5(14,15)22(20,21)6(16,17)4(11,12)13/h(H,18,19). The number of aliphatic carboxylic acids is 1.